The van der Waals surface area contributed by atoms with Crippen molar-refractivity contribution < 1.29 is 8.42 Å². The summed E-state index contributed by atoms with van der Waals surface area (Å²) < 4.78 is 28.3. The lowest BCUT2D eigenvalue weighted by Crippen LogP contribution is -2.47. The molecule has 2 aromatic rings. The summed E-state index contributed by atoms with van der Waals surface area (Å²) >= 11 is 0. The molecule has 4 N–H and O–H groups in total. The van der Waals surface area contributed by atoms with Gasteiger partial charge in [-0.15, -0.1) is 0 Å². The Labute approximate surface area is 125 Å². The Balaban J connectivity index is 1.98. The molecule has 5 nitrogen and oxygen atoms in total. The van der Waals surface area contributed by atoms with E-state index in [1.165, 1.54) is 6.42 Å². The molecular weight excluding hydrogens is 286 g/mol. The minimum Gasteiger partial charge on any atom is -0.399 e. The van der Waals surface area contributed by atoms with Gasteiger partial charge in [0.15, 0.2) is 0 Å². The van der Waals surface area contributed by atoms with Gasteiger partial charge in [0.2, 0.25) is 10.0 Å². The first kappa shape index (κ1) is 14.4. The van der Waals surface area contributed by atoms with E-state index in [2.05, 4.69) is 9.71 Å². The van der Waals surface area contributed by atoms with Gasteiger partial charge in [-0.3, -0.25) is 0 Å². The van der Waals surface area contributed by atoms with E-state index in [0.717, 1.165) is 31.2 Å². The molecule has 1 heterocycles. The zero-order chi connectivity index (χ0) is 15.1. The normalized spacial score (nSPS) is 18.9. The minimum absolute atomic E-state index is 0.275. The SMILES string of the molecule is CC1(NS(=O)(=O)c2c[nH]c3ccc(N)cc23)CCCCC1. The van der Waals surface area contributed by atoms with Crippen molar-refractivity contribution >= 4 is 26.6 Å². The third kappa shape index (κ3) is 2.78. The lowest BCUT2D eigenvalue weighted by Gasteiger charge is -2.34. The lowest BCUT2D eigenvalue weighted by atomic mass is 9.84. The Morgan fingerprint density at radius 1 is 1.24 bits per heavy atom. The van der Waals surface area contributed by atoms with Crippen molar-refractivity contribution in [3.05, 3.63) is 24.4 Å². The van der Waals surface area contributed by atoms with Crippen LogP contribution in [0.1, 0.15) is 39.0 Å². The summed E-state index contributed by atoms with van der Waals surface area (Å²) in [5.41, 5.74) is 6.76. The lowest BCUT2D eigenvalue weighted by molar-refractivity contribution is 0.294. The van der Waals surface area contributed by atoms with Crippen LogP contribution in [0.4, 0.5) is 5.69 Å². The number of H-pyrrole nitrogens is 1. The highest BCUT2D eigenvalue weighted by atomic mass is 32.2. The van der Waals surface area contributed by atoms with E-state index in [9.17, 15) is 8.42 Å². The summed E-state index contributed by atoms with van der Waals surface area (Å²) in [6.07, 6.45) is 6.63. The van der Waals surface area contributed by atoms with Crippen LogP contribution in [0.2, 0.25) is 0 Å². The number of fused-ring (bicyclic) bond motifs is 1. The highest BCUT2D eigenvalue weighted by Crippen LogP contribution is 2.31. The Kier molecular flexibility index (Phi) is 3.45. The molecule has 0 radical (unpaired) electrons. The van der Waals surface area contributed by atoms with Gasteiger partial charge in [0.05, 0.1) is 0 Å². The summed E-state index contributed by atoms with van der Waals surface area (Å²) in [6.45, 7) is 1.99. The average Bonchev–Trinajstić information content (AvgIpc) is 2.82. The fraction of sp³-hybridized carbons (Fsp3) is 0.467. The van der Waals surface area contributed by atoms with Gasteiger partial charge in [0.1, 0.15) is 4.90 Å². The Morgan fingerprint density at radius 2 is 1.95 bits per heavy atom. The smallest absolute Gasteiger partial charge is 0.243 e. The molecule has 1 aliphatic rings. The number of hydrogen-bond acceptors (Lipinski definition) is 3. The van der Waals surface area contributed by atoms with Crippen LogP contribution in [-0.4, -0.2) is 18.9 Å². The van der Waals surface area contributed by atoms with Gasteiger partial charge in [0, 0.05) is 28.3 Å². The third-order valence-electron chi connectivity index (χ3n) is 4.30. The third-order valence-corrected chi connectivity index (χ3v) is 5.97. The summed E-state index contributed by atoms with van der Waals surface area (Å²) in [5, 5.41) is 0.641. The van der Waals surface area contributed by atoms with Crippen LogP contribution in [-0.2, 0) is 10.0 Å². The van der Waals surface area contributed by atoms with E-state index in [0.29, 0.717) is 11.1 Å². The van der Waals surface area contributed by atoms with Crippen molar-refractivity contribution in [1.82, 2.24) is 9.71 Å². The number of rotatable bonds is 3. The number of hydrogen-bond donors (Lipinski definition) is 3. The van der Waals surface area contributed by atoms with E-state index in [1.54, 1.807) is 24.4 Å². The van der Waals surface area contributed by atoms with E-state index in [-0.39, 0.29) is 10.4 Å². The zero-order valence-corrected chi connectivity index (χ0v) is 13.0. The first-order chi connectivity index (χ1) is 9.90. The molecule has 0 unspecified atom stereocenters. The maximum atomic E-state index is 12.7. The Bertz CT molecular complexity index is 758. The van der Waals surface area contributed by atoms with Crippen LogP contribution < -0.4 is 10.5 Å². The van der Waals surface area contributed by atoms with Gasteiger partial charge in [-0.05, 0) is 38.0 Å². The number of nitrogens with two attached hydrogens (primary N) is 1. The summed E-state index contributed by atoms with van der Waals surface area (Å²) in [5.74, 6) is 0. The monoisotopic (exact) mass is 307 g/mol. The number of aromatic amines is 1. The number of sulfonamides is 1. The molecule has 0 spiro atoms. The molecule has 0 atom stereocenters. The van der Waals surface area contributed by atoms with Gasteiger partial charge in [-0.2, -0.15) is 0 Å². The summed E-state index contributed by atoms with van der Waals surface area (Å²) in [7, 11) is -3.56. The van der Waals surface area contributed by atoms with E-state index < -0.39 is 10.0 Å². The predicted molar refractivity (Wildman–Crippen MR) is 84.5 cm³/mol. The van der Waals surface area contributed by atoms with Crippen LogP contribution in [0.3, 0.4) is 0 Å². The van der Waals surface area contributed by atoms with Crippen LogP contribution >= 0.6 is 0 Å². The Hall–Kier alpha value is -1.53. The summed E-state index contributed by atoms with van der Waals surface area (Å²) in [4.78, 5) is 3.27. The standard InChI is InChI=1S/C15H21N3O2S/c1-15(7-3-2-4-8-15)18-21(19,20)14-10-17-13-6-5-11(16)9-12(13)14/h5-6,9-10,17-18H,2-4,7-8,16H2,1H3. The molecule has 1 aromatic carbocycles. The molecule has 1 fully saturated rings. The van der Waals surface area contributed by atoms with Crippen LogP contribution in [0, 0.1) is 0 Å². The van der Waals surface area contributed by atoms with Crippen molar-refractivity contribution in [3.63, 3.8) is 0 Å². The maximum absolute atomic E-state index is 12.7. The molecule has 114 valence electrons. The van der Waals surface area contributed by atoms with Gasteiger partial charge in [0.25, 0.3) is 0 Å². The second-order valence-electron chi connectivity index (χ2n) is 6.18. The van der Waals surface area contributed by atoms with Crippen LogP contribution in [0.5, 0.6) is 0 Å². The first-order valence-electron chi connectivity index (χ1n) is 7.30. The van der Waals surface area contributed by atoms with Crippen LogP contribution in [0.15, 0.2) is 29.3 Å². The van der Waals surface area contributed by atoms with Crippen molar-refractivity contribution in [2.45, 2.75) is 49.5 Å². The number of aromatic nitrogens is 1. The van der Waals surface area contributed by atoms with E-state index in [1.807, 2.05) is 6.92 Å². The molecule has 0 saturated heterocycles. The van der Waals surface area contributed by atoms with Crippen molar-refractivity contribution in [2.75, 3.05) is 5.73 Å². The quantitative estimate of drug-likeness (QED) is 0.762. The highest BCUT2D eigenvalue weighted by molar-refractivity contribution is 7.89. The molecule has 0 aliphatic heterocycles. The second-order valence-corrected chi connectivity index (χ2v) is 7.84. The van der Waals surface area contributed by atoms with Crippen LogP contribution in [0.25, 0.3) is 10.9 Å². The highest BCUT2D eigenvalue weighted by Gasteiger charge is 2.33. The minimum atomic E-state index is -3.56. The summed E-state index contributed by atoms with van der Waals surface area (Å²) in [6, 6.07) is 5.25. The second kappa shape index (κ2) is 5.03. The van der Waals surface area contributed by atoms with Crippen molar-refractivity contribution in [2.24, 2.45) is 0 Å². The zero-order valence-electron chi connectivity index (χ0n) is 12.1. The average molecular weight is 307 g/mol. The number of benzene rings is 1. The largest absolute Gasteiger partial charge is 0.399 e. The molecule has 1 saturated carbocycles. The molecule has 3 rings (SSSR count). The molecule has 6 heteroatoms. The van der Waals surface area contributed by atoms with E-state index in [4.69, 9.17) is 5.73 Å². The molecule has 1 aliphatic carbocycles. The maximum Gasteiger partial charge on any atom is 0.243 e. The fourth-order valence-corrected chi connectivity index (χ4v) is 4.78. The molecule has 0 bridgehead atoms. The topological polar surface area (TPSA) is 88.0 Å². The number of anilines is 1. The van der Waals surface area contributed by atoms with Gasteiger partial charge in [-0.1, -0.05) is 19.3 Å². The van der Waals surface area contributed by atoms with E-state index >= 15 is 0 Å². The Morgan fingerprint density at radius 3 is 2.67 bits per heavy atom. The first-order valence-corrected chi connectivity index (χ1v) is 8.79. The number of nitrogen functional groups attached to an aromatic ring is 1. The molecule has 21 heavy (non-hydrogen) atoms. The van der Waals surface area contributed by atoms with Crippen molar-refractivity contribution in [3.8, 4) is 0 Å². The fourth-order valence-electron chi connectivity index (χ4n) is 3.15. The van der Waals surface area contributed by atoms with Gasteiger partial charge in [-0.25, -0.2) is 13.1 Å². The molecular formula is C15H21N3O2S. The molecule has 1 aromatic heterocycles. The predicted octanol–water partition coefficient (Wildman–Crippen LogP) is 2.75. The van der Waals surface area contributed by atoms with Crippen molar-refractivity contribution in [1.29, 1.82) is 0 Å². The van der Waals surface area contributed by atoms with Gasteiger partial charge < -0.3 is 10.7 Å². The van der Waals surface area contributed by atoms with Gasteiger partial charge >= 0.3 is 0 Å². The number of nitrogens with one attached hydrogen (secondary N) is 2. The molecule has 0 amide bonds.